The molecule has 0 radical (unpaired) electrons. The third kappa shape index (κ3) is 41.3. The molecule has 0 heterocycles. The van der Waals surface area contributed by atoms with E-state index in [0.29, 0.717) is 11.7 Å². The SMILES string of the molecule is C[S+]=O.Cl. The lowest BCUT2D eigenvalue weighted by molar-refractivity contribution is 0.607. The van der Waals surface area contributed by atoms with Crippen molar-refractivity contribution in [3.8, 4) is 0 Å². The van der Waals surface area contributed by atoms with Crippen molar-refractivity contribution >= 4 is 24.1 Å². The second kappa shape index (κ2) is 10.3. The number of rotatable bonds is 0. The topological polar surface area (TPSA) is 17.1 Å². The fourth-order valence-electron chi connectivity index (χ4n) is 0. The molecule has 3 heteroatoms. The number of hydrogen-bond donors (Lipinski definition) is 0. The van der Waals surface area contributed by atoms with Crippen LogP contribution in [0.2, 0.25) is 0 Å². The summed E-state index contributed by atoms with van der Waals surface area (Å²) in [5, 5.41) is 0. The van der Waals surface area contributed by atoms with Crippen LogP contribution in [0.4, 0.5) is 0 Å². The lowest BCUT2D eigenvalue weighted by Crippen LogP contribution is -1.32. The number of hydrogen-bond acceptors (Lipinski definition) is 1. The van der Waals surface area contributed by atoms with Crippen LogP contribution >= 0.6 is 12.4 Å². The highest BCUT2D eigenvalue weighted by atomic mass is 35.5. The zero-order valence-electron chi connectivity index (χ0n) is 2.22. The van der Waals surface area contributed by atoms with Crippen molar-refractivity contribution < 1.29 is 4.21 Å². The maximum Gasteiger partial charge on any atom is 0.455 e. The summed E-state index contributed by atoms with van der Waals surface area (Å²) in [6, 6.07) is 0. The molecule has 0 bridgehead atoms. The van der Waals surface area contributed by atoms with Crippen molar-refractivity contribution in [1.29, 1.82) is 0 Å². The molecule has 0 aliphatic rings. The van der Waals surface area contributed by atoms with Crippen LogP contribution in [-0.2, 0) is 15.9 Å². The van der Waals surface area contributed by atoms with Crippen LogP contribution < -0.4 is 0 Å². The molecule has 0 aliphatic carbocycles. The van der Waals surface area contributed by atoms with Gasteiger partial charge in [0.15, 0.2) is 0 Å². The van der Waals surface area contributed by atoms with Crippen LogP contribution in [0.3, 0.4) is 0 Å². The molecule has 0 saturated heterocycles. The Labute approximate surface area is 35.3 Å². The first-order valence-corrected chi connectivity index (χ1v) is 1.72. The van der Waals surface area contributed by atoms with Crippen LogP contribution in [-0.4, -0.2) is 6.26 Å². The zero-order chi connectivity index (χ0) is 2.71. The predicted octanol–water partition coefficient (Wildman–Crippen LogP) is 0.466. The third-order valence-electron chi connectivity index (χ3n) is 0. The van der Waals surface area contributed by atoms with E-state index in [-0.39, 0.29) is 12.4 Å². The molecule has 0 spiro atoms. The first kappa shape index (κ1) is 8.85. The number of halogens is 1. The predicted molar refractivity (Wildman–Crippen MR) is 21.2 cm³/mol. The molecule has 1 nitrogen and oxygen atoms in total. The van der Waals surface area contributed by atoms with Crippen LogP contribution in [0.25, 0.3) is 0 Å². The second-order valence-electron chi connectivity index (χ2n) is 0.167. The summed E-state index contributed by atoms with van der Waals surface area (Å²) < 4.78 is 8.85. The van der Waals surface area contributed by atoms with Gasteiger partial charge in [-0.25, -0.2) is 0 Å². The lowest BCUT2D eigenvalue weighted by Gasteiger charge is -0.931. The van der Waals surface area contributed by atoms with Crippen molar-refractivity contribution in [3.05, 3.63) is 0 Å². The van der Waals surface area contributed by atoms with E-state index in [4.69, 9.17) is 4.21 Å². The monoisotopic (exact) mass is 99.0 g/mol. The summed E-state index contributed by atoms with van der Waals surface area (Å²) in [6.45, 7) is 0. The van der Waals surface area contributed by atoms with E-state index in [1.807, 2.05) is 0 Å². The Balaban J connectivity index is 0. The molecule has 0 aromatic rings. The van der Waals surface area contributed by atoms with Crippen LogP contribution in [0.5, 0.6) is 0 Å². The van der Waals surface area contributed by atoms with Gasteiger partial charge in [-0.3, -0.25) is 0 Å². The molecule has 26 valence electrons. The minimum atomic E-state index is 0. The van der Waals surface area contributed by atoms with E-state index >= 15 is 0 Å². The van der Waals surface area contributed by atoms with E-state index in [1.54, 1.807) is 0 Å². The second-order valence-corrected chi connectivity index (χ2v) is 0.500. The average molecular weight is 99.6 g/mol. The van der Waals surface area contributed by atoms with Gasteiger partial charge in [0.25, 0.3) is 0 Å². The molecule has 0 amide bonds. The highest BCUT2D eigenvalue weighted by Gasteiger charge is 1.54. The highest BCUT2D eigenvalue weighted by Crippen LogP contribution is 1.14. The largest absolute Gasteiger partial charge is 0.455 e. The fourth-order valence-corrected chi connectivity index (χ4v) is 0. The van der Waals surface area contributed by atoms with E-state index < -0.39 is 0 Å². The van der Waals surface area contributed by atoms with Gasteiger partial charge >= 0.3 is 11.7 Å². The van der Waals surface area contributed by atoms with Crippen LogP contribution in [0, 0.1) is 0 Å². The molecule has 0 aromatic carbocycles. The van der Waals surface area contributed by atoms with Crippen LogP contribution in [0.15, 0.2) is 0 Å². The van der Waals surface area contributed by atoms with Gasteiger partial charge in [-0.05, 0) is 0 Å². The van der Waals surface area contributed by atoms with Gasteiger partial charge in [-0.2, -0.15) is 0 Å². The maximum absolute atomic E-state index is 8.85. The summed E-state index contributed by atoms with van der Waals surface area (Å²) in [5.41, 5.74) is 0. The van der Waals surface area contributed by atoms with Gasteiger partial charge in [0, 0.05) is 4.21 Å². The Bertz CT molecular complexity index is 15.5. The Morgan fingerprint density at radius 1 is 1.75 bits per heavy atom. The third-order valence-corrected chi connectivity index (χ3v) is 0. The van der Waals surface area contributed by atoms with E-state index in [9.17, 15) is 0 Å². The lowest BCUT2D eigenvalue weighted by atomic mass is 12.0. The minimum absolute atomic E-state index is 0. The van der Waals surface area contributed by atoms with Crippen molar-refractivity contribution in [3.63, 3.8) is 0 Å². The summed E-state index contributed by atoms with van der Waals surface area (Å²) in [6.07, 6.45) is 1.49. The van der Waals surface area contributed by atoms with E-state index in [1.165, 1.54) is 6.26 Å². The minimum Gasteiger partial charge on any atom is -0.147 e. The van der Waals surface area contributed by atoms with Crippen molar-refractivity contribution in [2.75, 3.05) is 6.26 Å². The summed E-state index contributed by atoms with van der Waals surface area (Å²) in [5.74, 6) is 0. The van der Waals surface area contributed by atoms with Gasteiger partial charge in [-0.1, -0.05) is 0 Å². The van der Waals surface area contributed by atoms with Crippen molar-refractivity contribution in [1.82, 2.24) is 0 Å². The van der Waals surface area contributed by atoms with Gasteiger partial charge in [0.2, 0.25) is 6.26 Å². The van der Waals surface area contributed by atoms with Gasteiger partial charge < -0.3 is 0 Å². The average Bonchev–Trinajstić information content (AvgIpc) is 0.918. The quantitative estimate of drug-likeness (QED) is 0.404. The molecule has 0 atom stereocenters. The molecular weight excluding hydrogens is 95.5 g/mol. The maximum atomic E-state index is 8.85. The Kier molecular flexibility index (Phi) is 22.8. The molecule has 0 N–H and O–H groups in total. The Morgan fingerprint density at radius 3 is 1.75 bits per heavy atom. The van der Waals surface area contributed by atoms with Crippen LogP contribution in [0.1, 0.15) is 0 Å². The first-order valence-electron chi connectivity index (χ1n) is 0.575. The normalized spacial score (nSPS) is 3.25. The molecule has 4 heavy (non-hydrogen) atoms. The standard InChI is InChI=1S/CH3OS.ClH/c1-3-2;/h1H3;1H/q+1;. The molecular formula is CH4ClOS+. The molecule has 0 aliphatic heterocycles. The first-order chi connectivity index (χ1) is 1.41. The smallest absolute Gasteiger partial charge is 0.147 e. The van der Waals surface area contributed by atoms with E-state index in [2.05, 4.69) is 0 Å². The summed E-state index contributed by atoms with van der Waals surface area (Å²) >= 11 is 0.500. The van der Waals surface area contributed by atoms with Gasteiger partial charge in [0.1, 0.15) is 0 Å². The van der Waals surface area contributed by atoms with Crippen molar-refractivity contribution in [2.24, 2.45) is 0 Å². The highest BCUT2D eigenvalue weighted by molar-refractivity contribution is 7.64. The summed E-state index contributed by atoms with van der Waals surface area (Å²) in [4.78, 5) is 0. The molecule has 0 fully saturated rings. The fraction of sp³-hybridized carbons (Fsp3) is 1.00. The van der Waals surface area contributed by atoms with Crippen molar-refractivity contribution in [2.45, 2.75) is 0 Å². The van der Waals surface area contributed by atoms with Gasteiger partial charge in [-0.15, -0.1) is 12.4 Å². The molecule has 0 aromatic heterocycles. The molecule has 0 saturated carbocycles. The van der Waals surface area contributed by atoms with Gasteiger partial charge in [0.05, 0.1) is 0 Å². The Morgan fingerprint density at radius 2 is 1.75 bits per heavy atom. The van der Waals surface area contributed by atoms with E-state index in [0.717, 1.165) is 0 Å². The Hall–Kier alpha value is 0.310. The molecule has 0 rings (SSSR count). The summed E-state index contributed by atoms with van der Waals surface area (Å²) in [7, 11) is 0. The zero-order valence-corrected chi connectivity index (χ0v) is 3.86. The molecule has 0 unspecified atom stereocenters.